The number of methoxy groups -OCH3 is 1. The van der Waals surface area contributed by atoms with Gasteiger partial charge in [0, 0.05) is 30.1 Å². The van der Waals surface area contributed by atoms with E-state index in [4.69, 9.17) is 21.1 Å². The summed E-state index contributed by atoms with van der Waals surface area (Å²) < 4.78 is 37.7. The molecule has 3 rings (SSSR count). The molecule has 0 aromatic heterocycles. The molecule has 162 valence electrons. The number of sulfonamides is 1. The van der Waals surface area contributed by atoms with Gasteiger partial charge in [0.1, 0.15) is 17.1 Å². The van der Waals surface area contributed by atoms with E-state index in [2.05, 4.69) is 5.32 Å². The molecule has 1 heterocycles. The Morgan fingerprint density at radius 2 is 1.93 bits per heavy atom. The first-order valence-electron chi connectivity index (χ1n) is 9.40. The number of halogens is 1. The van der Waals surface area contributed by atoms with Crippen LogP contribution in [0.4, 0.5) is 0 Å². The Hall–Kier alpha value is -2.29. The Morgan fingerprint density at radius 3 is 2.57 bits per heavy atom. The molecule has 1 N–H and O–H groups in total. The maximum atomic E-state index is 12.7. The highest BCUT2D eigenvalue weighted by Gasteiger charge is 2.35. The minimum atomic E-state index is -3.81. The Kier molecular flexibility index (Phi) is 6.31. The third-order valence-electron chi connectivity index (χ3n) is 4.90. The number of likely N-dealkylation sites (N-methyl/N-ethyl adjacent to an activating group) is 1. The first-order chi connectivity index (χ1) is 14.0. The van der Waals surface area contributed by atoms with Gasteiger partial charge in [-0.25, -0.2) is 8.42 Å². The minimum absolute atomic E-state index is 0.0758. The number of fused-ring (bicyclic) bond motifs is 1. The highest BCUT2D eigenvalue weighted by atomic mass is 35.5. The Bertz CT molecular complexity index is 1040. The van der Waals surface area contributed by atoms with Gasteiger partial charge in [0.2, 0.25) is 15.9 Å². The third kappa shape index (κ3) is 4.88. The summed E-state index contributed by atoms with van der Waals surface area (Å²) in [5.41, 5.74) is 0.324. The van der Waals surface area contributed by atoms with Crippen LogP contribution in [0.15, 0.2) is 47.4 Å². The van der Waals surface area contributed by atoms with Crippen LogP contribution in [0.5, 0.6) is 11.5 Å². The molecule has 9 heteroatoms. The Morgan fingerprint density at radius 1 is 1.27 bits per heavy atom. The van der Waals surface area contributed by atoms with E-state index >= 15 is 0 Å². The topological polar surface area (TPSA) is 84.9 Å². The molecule has 1 aliphatic rings. The van der Waals surface area contributed by atoms with Crippen molar-refractivity contribution in [2.45, 2.75) is 36.8 Å². The van der Waals surface area contributed by atoms with E-state index in [1.54, 1.807) is 19.2 Å². The predicted octanol–water partition coefficient (Wildman–Crippen LogP) is 3.39. The molecule has 0 saturated heterocycles. The number of hydrogen-bond donors (Lipinski definition) is 1. The molecule has 0 saturated carbocycles. The van der Waals surface area contributed by atoms with Crippen molar-refractivity contribution in [3.8, 4) is 11.5 Å². The van der Waals surface area contributed by atoms with Crippen LogP contribution in [0, 0.1) is 0 Å². The van der Waals surface area contributed by atoms with E-state index in [1.807, 2.05) is 19.9 Å². The van der Waals surface area contributed by atoms with Crippen molar-refractivity contribution in [2.24, 2.45) is 0 Å². The summed E-state index contributed by atoms with van der Waals surface area (Å²) >= 11 is 5.83. The molecule has 0 radical (unpaired) electrons. The summed E-state index contributed by atoms with van der Waals surface area (Å²) in [5.74, 6) is 0.892. The molecule has 0 fully saturated rings. The molecule has 30 heavy (non-hydrogen) atoms. The van der Waals surface area contributed by atoms with E-state index < -0.39 is 21.5 Å². The summed E-state index contributed by atoms with van der Waals surface area (Å²) in [5, 5.41) is 3.38. The highest BCUT2D eigenvalue weighted by Crippen LogP contribution is 2.41. The zero-order valence-electron chi connectivity index (χ0n) is 17.3. The van der Waals surface area contributed by atoms with E-state index in [1.165, 1.54) is 31.3 Å². The number of carbonyl (C=O) groups excluding carboxylic acids is 1. The van der Waals surface area contributed by atoms with Crippen molar-refractivity contribution in [2.75, 3.05) is 20.7 Å². The van der Waals surface area contributed by atoms with Gasteiger partial charge >= 0.3 is 0 Å². The van der Waals surface area contributed by atoms with Crippen LogP contribution in [0.3, 0.4) is 0 Å². The van der Waals surface area contributed by atoms with Gasteiger partial charge in [-0.15, -0.1) is 0 Å². The first kappa shape index (κ1) is 22.4. The lowest BCUT2D eigenvalue weighted by Gasteiger charge is -2.38. The second-order valence-electron chi connectivity index (χ2n) is 7.80. The first-order valence-corrected chi connectivity index (χ1v) is 11.2. The number of nitrogens with zero attached hydrogens (tertiary/aromatic N) is 1. The SMILES string of the molecule is COc1ccc2c(c1)OC(C)(C)C[C@@H]2NC(=O)CN(C)S(=O)(=O)c1ccc(Cl)cc1. The molecule has 7 nitrogen and oxygen atoms in total. The monoisotopic (exact) mass is 452 g/mol. The van der Waals surface area contributed by atoms with Crippen LogP contribution in [0.1, 0.15) is 31.9 Å². The average molecular weight is 453 g/mol. The third-order valence-corrected chi connectivity index (χ3v) is 6.97. The van der Waals surface area contributed by atoms with Crippen LogP contribution in [0.25, 0.3) is 0 Å². The number of amides is 1. The van der Waals surface area contributed by atoms with E-state index in [0.29, 0.717) is 22.9 Å². The van der Waals surface area contributed by atoms with Crippen molar-refractivity contribution < 1.29 is 22.7 Å². The fourth-order valence-corrected chi connectivity index (χ4v) is 4.65. The van der Waals surface area contributed by atoms with Crippen molar-refractivity contribution >= 4 is 27.5 Å². The van der Waals surface area contributed by atoms with E-state index in [0.717, 1.165) is 9.87 Å². The lowest BCUT2D eigenvalue weighted by molar-refractivity contribution is -0.122. The van der Waals surface area contributed by atoms with Gasteiger partial charge in [-0.05, 0) is 50.2 Å². The molecule has 1 atom stereocenters. The normalized spacial score (nSPS) is 17.7. The number of hydrogen-bond acceptors (Lipinski definition) is 5. The lowest BCUT2D eigenvalue weighted by atomic mass is 9.89. The zero-order chi connectivity index (χ0) is 22.1. The second kappa shape index (κ2) is 8.45. The molecule has 1 aliphatic heterocycles. The van der Waals surface area contributed by atoms with Crippen LogP contribution in [0.2, 0.25) is 5.02 Å². The van der Waals surface area contributed by atoms with E-state index in [-0.39, 0.29) is 17.5 Å². The fourth-order valence-electron chi connectivity index (χ4n) is 3.40. The minimum Gasteiger partial charge on any atom is -0.497 e. The number of ether oxygens (including phenoxy) is 2. The fraction of sp³-hybridized carbons (Fsp3) is 0.381. The molecule has 1 amide bonds. The largest absolute Gasteiger partial charge is 0.497 e. The zero-order valence-corrected chi connectivity index (χ0v) is 18.9. The van der Waals surface area contributed by atoms with Gasteiger partial charge in [-0.1, -0.05) is 11.6 Å². The summed E-state index contributed by atoms with van der Waals surface area (Å²) in [4.78, 5) is 12.8. The van der Waals surface area contributed by atoms with E-state index in [9.17, 15) is 13.2 Å². The van der Waals surface area contributed by atoms with Gasteiger partial charge in [-0.3, -0.25) is 4.79 Å². The molecule has 0 unspecified atom stereocenters. The molecule has 2 aromatic carbocycles. The summed E-state index contributed by atoms with van der Waals surface area (Å²) in [6, 6.07) is 10.9. The summed E-state index contributed by atoms with van der Waals surface area (Å²) in [6.07, 6.45) is 0.547. The highest BCUT2D eigenvalue weighted by molar-refractivity contribution is 7.89. The standard InChI is InChI=1S/C21H25ClN2O5S/c1-21(2)12-18(17-10-7-15(28-4)11-19(17)29-21)23-20(25)13-24(3)30(26,27)16-8-5-14(22)6-9-16/h5-11,18H,12-13H2,1-4H3,(H,23,25)/t18-/m0/s1. The smallest absolute Gasteiger partial charge is 0.243 e. The van der Waals surface area contributed by atoms with Crippen molar-refractivity contribution in [1.82, 2.24) is 9.62 Å². The lowest BCUT2D eigenvalue weighted by Crippen LogP contribution is -2.44. The van der Waals surface area contributed by atoms with Gasteiger partial charge < -0.3 is 14.8 Å². The van der Waals surface area contributed by atoms with Gasteiger partial charge in [0.25, 0.3) is 0 Å². The molecular formula is C21H25ClN2O5S. The van der Waals surface area contributed by atoms with Crippen molar-refractivity contribution in [3.05, 3.63) is 53.1 Å². The van der Waals surface area contributed by atoms with Crippen molar-refractivity contribution in [1.29, 1.82) is 0 Å². The molecule has 0 aliphatic carbocycles. The number of rotatable bonds is 6. The summed E-state index contributed by atoms with van der Waals surface area (Å²) in [6.45, 7) is 3.56. The van der Waals surface area contributed by atoms with Crippen LogP contribution in [-0.4, -0.2) is 44.9 Å². The maximum absolute atomic E-state index is 12.7. The quantitative estimate of drug-likeness (QED) is 0.726. The number of carbonyl (C=O) groups is 1. The van der Waals surface area contributed by atoms with Gasteiger partial charge in [0.05, 0.1) is 24.6 Å². The van der Waals surface area contributed by atoms with Crippen LogP contribution < -0.4 is 14.8 Å². The predicted molar refractivity (Wildman–Crippen MR) is 114 cm³/mol. The summed E-state index contributed by atoms with van der Waals surface area (Å²) in [7, 11) is -0.865. The molecule has 0 spiro atoms. The Labute approximate surface area is 182 Å². The maximum Gasteiger partial charge on any atom is 0.243 e. The molecular weight excluding hydrogens is 428 g/mol. The average Bonchev–Trinajstić information content (AvgIpc) is 2.66. The number of nitrogens with one attached hydrogen (secondary N) is 1. The van der Waals surface area contributed by atoms with Crippen LogP contribution in [-0.2, 0) is 14.8 Å². The number of benzene rings is 2. The molecule has 0 bridgehead atoms. The second-order valence-corrected chi connectivity index (χ2v) is 10.3. The van der Waals surface area contributed by atoms with Gasteiger partial charge in [0.15, 0.2) is 0 Å². The Balaban J connectivity index is 1.75. The van der Waals surface area contributed by atoms with Crippen LogP contribution >= 0.6 is 11.6 Å². The van der Waals surface area contributed by atoms with Gasteiger partial charge in [-0.2, -0.15) is 4.31 Å². The molecule has 2 aromatic rings. The van der Waals surface area contributed by atoms with Crippen molar-refractivity contribution in [3.63, 3.8) is 0 Å².